The summed E-state index contributed by atoms with van der Waals surface area (Å²) in [5.41, 5.74) is 3.56. The van der Waals surface area contributed by atoms with Gasteiger partial charge in [0.25, 0.3) is 0 Å². The molecule has 0 bridgehead atoms. The van der Waals surface area contributed by atoms with E-state index in [1.54, 1.807) is 56.0 Å². The third kappa shape index (κ3) is 7.99. The molecule has 9 heteroatoms. The van der Waals surface area contributed by atoms with E-state index < -0.39 is 23.8 Å². The van der Waals surface area contributed by atoms with Crippen molar-refractivity contribution in [3.63, 3.8) is 0 Å². The van der Waals surface area contributed by atoms with Crippen LogP contribution in [0.2, 0.25) is 0 Å². The maximum Gasteiger partial charge on any atom is 0.412 e. The Labute approximate surface area is 234 Å². The second-order valence-electron chi connectivity index (χ2n) is 10.8. The van der Waals surface area contributed by atoms with Gasteiger partial charge in [0, 0.05) is 17.9 Å². The Morgan fingerprint density at radius 1 is 1.00 bits per heavy atom. The quantitative estimate of drug-likeness (QED) is 0.329. The summed E-state index contributed by atoms with van der Waals surface area (Å²) >= 11 is 0. The first kappa shape index (κ1) is 28.5. The first-order valence-electron chi connectivity index (χ1n) is 13.4. The number of nitrogens with one attached hydrogen (secondary N) is 3. The zero-order valence-electron chi connectivity index (χ0n) is 23.1. The van der Waals surface area contributed by atoms with E-state index in [9.17, 15) is 19.5 Å². The van der Waals surface area contributed by atoms with Crippen LogP contribution in [-0.4, -0.2) is 41.3 Å². The van der Waals surface area contributed by atoms with Crippen LogP contribution < -0.4 is 20.9 Å². The number of aromatic hydroxyl groups is 1. The maximum absolute atomic E-state index is 13.8. The first-order valence-corrected chi connectivity index (χ1v) is 13.4. The number of para-hydroxylation sites is 1. The van der Waals surface area contributed by atoms with Gasteiger partial charge >= 0.3 is 12.1 Å². The second kappa shape index (κ2) is 12.5. The van der Waals surface area contributed by atoms with Crippen molar-refractivity contribution < 1.29 is 24.2 Å². The van der Waals surface area contributed by atoms with Crippen molar-refractivity contribution in [1.29, 1.82) is 0 Å². The number of carbonyl (C=O) groups excluding carboxylic acids is 3. The topological polar surface area (TPSA) is 120 Å². The number of nitrogens with zero attached hydrogens (tertiary/aromatic N) is 1. The average molecular weight is 545 g/mol. The van der Waals surface area contributed by atoms with Crippen LogP contribution in [0.1, 0.15) is 43.9 Å². The molecule has 1 unspecified atom stereocenters. The number of carbonyl (C=O) groups is 3. The monoisotopic (exact) mass is 544 g/mol. The normalized spacial score (nSPS) is 15.0. The summed E-state index contributed by atoms with van der Waals surface area (Å²) in [6.07, 6.45) is 1.15. The second-order valence-corrected chi connectivity index (χ2v) is 10.8. The van der Waals surface area contributed by atoms with E-state index in [1.807, 2.05) is 42.5 Å². The number of amides is 4. The minimum absolute atomic E-state index is 0.193. The first-order chi connectivity index (χ1) is 19.1. The molecule has 1 aliphatic rings. The molecule has 0 aromatic heterocycles. The molecule has 0 saturated heterocycles. The molecule has 1 heterocycles. The molecular weight excluding hydrogens is 508 g/mol. The summed E-state index contributed by atoms with van der Waals surface area (Å²) in [5, 5.41) is 17.9. The molecule has 0 fully saturated rings. The summed E-state index contributed by atoms with van der Waals surface area (Å²) in [6.45, 7) is 6.04. The molecule has 0 aliphatic carbocycles. The Hall–Kier alpha value is -4.53. The van der Waals surface area contributed by atoms with Gasteiger partial charge in [-0.3, -0.25) is 10.1 Å². The number of aryl methyl sites for hydroxylation is 1. The molecule has 9 nitrogen and oxygen atoms in total. The highest BCUT2D eigenvalue weighted by atomic mass is 16.6. The Kier molecular flexibility index (Phi) is 8.93. The predicted octanol–water partition coefficient (Wildman–Crippen LogP) is 5.13. The van der Waals surface area contributed by atoms with Gasteiger partial charge in [-0.15, -0.1) is 0 Å². The summed E-state index contributed by atoms with van der Waals surface area (Å²) in [7, 11) is 0. The number of phenols is 1. The van der Waals surface area contributed by atoms with Crippen molar-refractivity contribution in [2.24, 2.45) is 0 Å². The fourth-order valence-corrected chi connectivity index (χ4v) is 4.56. The lowest BCUT2D eigenvalue weighted by Crippen LogP contribution is -2.51. The zero-order chi connectivity index (χ0) is 28.7. The Balaban J connectivity index is 1.44. The summed E-state index contributed by atoms with van der Waals surface area (Å²) in [5.74, 6) is -0.0120. The predicted molar refractivity (Wildman–Crippen MR) is 154 cm³/mol. The van der Waals surface area contributed by atoms with Crippen LogP contribution in [0.3, 0.4) is 0 Å². The van der Waals surface area contributed by atoms with Crippen LogP contribution in [0, 0.1) is 0 Å². The molecular formula is C31H36N4O5. The number of urea groups is 1. The van der Waals surface area contributed by atoms with Crippen molar-refractivity contribution in [1.82, 2.24) is 10.6 Å². The van der Waals surface area contributed by atoms with Gasteiger partial charge in [-0.05, 0) is 87.1 Å². The largest absolute Gasteiger partial charge is 0.508 e. The van der Waals surface area contributed by atoms with Gasteiger partial charge in [0.15, 0.2) is 0 Å². The Bertz CT molecular complexity index is 1350. The molecule has 4 N–H and O–H groups in total. The molecule has 1 aliphatic heterocycles. The molecule has 1 atom stereocenters. The highest BCUT2D eigenvalue weighted by Crippen LogP contribution is 2.29. The van der Waals surface area contributed by atoms with Crippen LogP contribution in [0.25, 0.3) is 0 Å². The van der Waals surface area contributed by atoms with Crippen molar-refractivity contribution in [3.05, 3.63) is 89.5 Å². The number of benzene rings is 3. The summed E-state index contributed by atoms with van der Waals surface area (Å²) < 4.78 is 5.35. The zero-order valence-corrected chi connectivity index (χ0v) is 23.1. The van der Waals surface area contributed by atoms with Crippen LogP contribution in [0.5, 0.6) is 5.75 Å². The number of fused-ring (bicyclic) bond motifs is 1. The number of hydrogen-bond donors (Lipinski definition) is 4. The molecule has 4 rings (SSSR count). The molecule has 0 radical (unpaired) electrons. The minimum atomic E-state index is -0.704. The van der Waals surface area contributed by atoms with Crippen molar-refractivity contribution in [2.75, 3.05) is 16.8 Å². The third-order valence-corrected chi connectivity index (χ3v) is 6.40. The summed E-state index contributed by atoms with van der Waals surface area (Å²) in [6, 6.07) is 20.7. The van der Waals surface area contributed by atoms with E-state index in [4.69, 9.17) is 4.74 Å². The van der Waals surface area contributed by atoms with Gasteiger partial charge in [-0.25, -0.2) is 9.59 Å². The third-order valence-electron chi connectivity index (χ3n) is 6.40. The molecule has 210 valence electrons. The van der Waals surface area contributed by atoms with Gasteiger partial charge in [0.05, 0.1) is 6.54 Å². The van der Waals surface area contributed by atoms with Crippen LogP contribution >= 0.6 is 0 Å². The number of ether oxygens (including phenoxy) is 1. The van der Waals surface area contributed by atoms with Crippen LogP contribution in [0.4, 0.5) is 21.0 Å². The van der Waals surface area contributed by atoms with Crippen molar-refractivity contribution in [2.45, 2.75) is 58.2 Å². The number of anilines is 2. The highest BCUT2D eigenvalue weighted by Gasteiger charge is 2.31. The molecule has 0 saturated carbocycles. The molecule has 4 amide bonds. The van der Waals surface area contributed by atoms with E-state index in [1.165, 1.54) is 0 Å². The number of rotatable bonds is 7. The molecule has 0 spiro atoms. The fourth-order valence-electron chi connectivity index (χ4n) is 4.56. The van der Waals surface area contributed by atoms with Gasteiger partial charge < -0.3 is 25.4 Å². The van der Waals surface area contributed by atoms with Crippen LogP contribution in [0.15, 0.2) is 72.8 Å². The van der Waals surface area contributed by atoms with E-state index in [0.717, 1.165) is 22.4 Å². The Morgan fingerprint density at radius 2 is 1.75 bits per heavy atom. The lowest BCUT2D eigenvalue weighted by atomic mass is 10.1. The van der Waals surface area contributed by atoms with Gasteiger partial charge in [-0.2, -0.15) is 0 Å². The maximum atomic E-state index is 13.8. The van der Waals surface area contributed by atoms with Crippen molar-refractivity contribution >= 4 is 29.4 Å². The lowest BCUT2D eigenvalue weighted by molar-refractivity contribution is -0.120. The van der Waals surface area contributed by atoms with Gasteiger partial charge in [0.1, 0.15) is 17.4 Å². The standard InChI is InChI=1S/C31H36N4O5/c1-31(2,3)40-30(39)33-24-9-6-7-22(19-24)20-35-27-10-5-4-8-23(27)13-16-26(28(35)37)34-29(38)32-18-17-21-11-14-25(36)15-12-21/h4-12,14-15,19,26,36H,13,16-18,20H2,1-3H3,(H,33,39)(H2,32,34,38). The van der Waals surface area contributed by atoms with E-state index in [-0.39, 0.29) is 18.2 Å². The van der Waals surface area contributed by atoms with E-state index >= 15 is 0 Å². The van der Waals surface area contributed by atoms with Crippen molar-refractivity contribution in [3.8, 4) is 5.75 Å². The van der Waals surface area contributed by atoms with E-state index in [0.29, 0.717) is 31.5 Å². The lowest BCUT2D eigenvalue weighted by Gasteiger charge is -2.27. The number of hydrogen-bond acceptors (Lipinski definition) is 5. The molecule has 3 aromatic rings. The van der Waals surface area contributed by atoms with Gasteiger partial charge in [0.2, 0.25) is 5.91 Å². The Morgan fingerprint density at radius 3 is 2.50 bits per heavy atom. The van der Waals surface area contributed by atoms with Gasteiger partial charge in [-0.1, -0.05) is 42.5 Å². The molecule has 40 heavy (non-hydrogen) atoms. The fraction of sp³-hybridized carbons (Fsp3) is 0.323. The number of phenolic OH excluding ortho intramolecular Hbond substituents is 1. The smallest absolute Gasteiger partial charge is 0.412 e. The average Bonchev–Trinajstić information content (AvgIpc) is 3.01. The summed E-state index contributed by atoms with van der Waals surface area (Å²) in [4.78, 5) is 40.4. The SMILES string of the molecule is CC(C)(C)OC(=O)Nc1cccc(CN2C(=O)C(NC(=O)NCCc3ccc(O)cc3)CCc3ccccc32)c1. The highest BCUT2D eigenvalue weighted by molar-refractivity contribution is 6.00. The van der Waals surface area contributed by atoms with E-state index in [2.05, 4.69) is 16.0 Å². The molecule has 3 aromatic carbocycles. The minimum Gasteiger partial charge on any atom is -0.508 e. The van der Waals surface area contributed by atoms with Crippen LogP contribution in [-0.2, 0) is 28.9 Å².